The maximum absolute atomic E-state index is 2.31. The number of fused-ring (bicyclic) bond motifs is 10. The summed E-state index contributed by atoms with van der Waals surface area (Å²) in [5.41, 5.74) is 10.9. The predicted molar refractivity (Wildman–Crippen MR) is 118 cm³/mol. The number of benzene rings is 4. The molecule has 1 heteroatoms. The fourth-order valence-corrected chi connectivity index (χ4v) is 5.05. The molecule has 0 aromatic heterocycles. The molecule has 0 N–H and O–H groups in total. The van der Waals surface area contributed by atoms with Gasteiger partial charge in [0.2, 0.25) is 0 Å². The first-order valence-electron chi connectivity index (χ1n) is 8.81. The average Bonchev–Trinajstić information content (AvgIpc) is 3.16. The molecule has 0 saturated heterocycles. The Kier molecular flexibility index (Phi) is 3.38. The lowest BCUT2D eigenvalue weighted by atomic mass is 9.70. The second-order valence-corrected chi connectivity index (χ2v) is 6.93. The molecule has 2 aliphatic rings. The van der Waals surface area contributed by atoms with Crippen molar-refractivity contribution in [1.82, 2.24) is 0 Å². The zero-order chi connectivity index (χ0) is 16.4. The lowest BCUT2D eigenvalue weighted by molar-refractivity contribution is 0.794. The largest absolute Gasteiger partial charge is 0.107 e. The molecule has 0 bridgehead atoms. The van der Waals surface area contributed by atoms with Gasteiger partial charge in [-0.15, -0.1) is 24.0 Å². The van der Waals surface area contributed by atoms with Crippen LogP contribution in [0.3, 0.4) is 0 Å². The normalized spacial score (nSPS) is 14.2. The SMILES string of the molecule is I.c1ccc2c(c1)-c1ccccc1C21c2ccccc2-c2ccccc21. The molecule has 2 aliphatic carbocycles. The van der Waals surface area contributed by atoms with Crippen LogP contribution in [0.5, 0.6) is 0 Å². The highest BCUT2D eigenvalue weighted by atomic mass is 127. The lowest BCUT2D eigenvalue weighted by Gasteiger charge is -2.30. The molecule has 0 amide bonds. The second kappa shape index (κ2) is 5.55. The van der Waals surface area contributed by atoms with E-state index >= 15 is 0 Å². The number of rotatable bonds is 0. The minimum absolute atomic E-state index is 0. The third kappa shape index (κ3) is 1.69. The molecule has 124 valence electrons. The molecule has 0 saturated carbocycles. The van der Waals surface area contributed by atoms with E-state index in [1.165, 1.54) is 44.5 Å². The Morgan fingerprint density at radius 2 is 0.577 bits per heavy atom. The standard InChI is InChI=1S/C25H16.HI/c1-5-13-21-17(9-1)18-10-2-6-14-22(18)25(21)23-15-7-3-11-19(23)20-12-4-8-16-24(20)25;/h1-16H;1H. The smallest absolute Gasteiger partial charge is 0.0725 e. The van der Waals surface area contributed by atoms with Crippen molar-refractivity contribution in [1.29, 1.82) is 0 Å². The van der Waals surface area contributed by atoms with Gasteiger partial charge < -0.3 is 0 Å². The molecule has 0 unspecified atom stereocenters. The Morgan fingerprint density at radius 1 is 0.346 bits per heavy atom. The summed E-state index contributed by atoms with van der Waals surface area (Å²) in [6.07, 6.45) is 0. The maximum Gasteiger partial charge on any atom is 0.0725 e. The summed E-state index contributed by atoms with van der Waals surface area (Å²) < 4.78 is 0. The van der Waals surface area contributed by atoms with Crippen molar-refractivity contribution in [2.24, 2.45) is 0 Å². The van der Waals surface area contributed by atoms with Gasteiger partial charge >= 0.3 is 0 Å². The Bertz CT molecular complexity index is 968. The van der Waals surface area contributed by atoms with Crippen LogP contribution in [-0.2, 0) is 5.41 Å². The zero-order valence-corrected chi connectivity index (χ0v) is 16.5. The van der Waals surface area contributed by atoms with Crippen molar-refractivity contribution in [2.45, 2.75) is 5.41 Å². The van der Waals surface area contributed by atoms with Gasteiger partial charge in [-0.2, -0.15) is 0 Å². The summed E-state index contributed by atoms with van der Waals surface area (Å²) in [4.78, 5) is 0. The maximum atomic E-state index is 2.31. The molecule has 0 nitrogen and oxygen atoms in total. The second-order valence-electron chi connectivity index (χ2n) is 6.93. The van der Waals surface area contributed by atoms with Gasteiger partial charge in [0.05, 0.1) is 5.41 Å². The quantitative estimate of drug-likeness (QED) is 0.230. The third-order valence-electron chi connectivity index (χ3n) is 5.90. The van der Waals surface area contributed by atoms with Crippen LogP contribution in [0.4, 0.5) is 0 Å². The van der Waals surface area contributed by atoms with E-state index in [2.05, 4.69) is 97.1 Å². The Labute approximate surface area is 170 Å². The fourth-order valence-electron chi connectivity index (χ4n) is 5.05. The summed E-state index contributed by atoms with van der Waals surface area (Å²) >= 11 is 0. The van der Waals surface area contributed by atoms with E-state index in [0.29, 0.717) is 0 Å². The Hall–Kier alpha value is -2.39. The van der Waals surface area contributed by atoms with E-state index in [-0.39, 0.29) is 29.4 Å². The van der Waals surface area contributed by atoms with Gasteiger partial charge in [-0.05, 0) is 44.5 Å². The number of hydrogen-bond acceptors (Lipinski definition) is 0. The summed E-state index contributed by atoms with van der Waals surface area (Å²) in [5, 5.41) is 0. The van der Waals surface area contributed by atoms with Crippen LogP contribution in [0.1, 0.15) is 22.3 Å². The van der Waals surface area contributed by atoms with Crippen LogP contribution >= 0.6 is 24.0 Å². The van der Waals surface area contributed by atoms with E-state index in [4.69, 9.17) is 0 Å². The summed E-state index contributed by atoms with van der Waals surface area (Å²) in [7, 11) is 0. The molecule has 0 fully saturated rings. The molecule has 6 rings (SSSR count). The zero-order valence-electron chi connectivity index (χ0n) is 14.1. The highest BCUT2D eigenvalue weighted by Crippen LogP contribution is 2.62. The first kappa shape index (κ1) is 15.8. The van der Waals surface area contributed by atoms with Crippen molar-refractivity contribution in [3.05, 3.63) is 119 Å². The molecular formula is C25H17I. The van der Waals surface area contributed by atoms with Gasteiger partial charge in [-0.25, -0.2) is 0 Å². The first-order valence-corrected chi connectivity index (χ1v) is 8.81. The summed E-state index contributed by atoms with van der Waals surface area (Å²) in [5.74, 6) is 0. The van der Waals surface area contributed by atoms with E-state index in [9.17, 15) is 0 Å². The summed E-state index contributed by atoms with van der Waals surface area (Å²) in [6.45, 7) is 0. The molecule has 0 aliphatic heterocycles. The van der Waals surface area contributed by atoms with E-state index < -0.39 is 0 Å². The van der Waals surface area contributed by atoms with Gasteiger partial charge in [0.25, 0.3) is 0 Å². The number of halogens is 1. The molecule has 1 spiro atoms. The fraction of sp³-hybridized carbons (Fsp3) is 0.0400. The van der Waals surface area contributed by atoms with Crippen molar-refractivity contribution in [2.75, 3.05) is 0 Å². The third-order valence-corrected chi connectivity index (χ3v) is 5.90. The van der Waals surface area contributed by atoms with E-state index in [1.807, 2.05) is 0 Å². The molecule has 0 heterocycles. The summed E-state index contributed by atoms with van der Waals surface area (Å²) in [6, 6.07) is 35.7. The van der Waals surface area contributed by atoms with Crippen molar-refractivity contribution >= 4 is 24.0 Å². The van der Waals surface area contributed by atoms with E-state index in [0.717, 1.165) is 0 Å². The van der Waals surface area contributed by atoms with Crippen molar-refractivity contribution in [3.63, 3.8) is 0 Å². The van der Waals surface area contributed by atoms with Gasteiger partial charge in [0.1, 0.15) is 0 Å². The minimum atomic E-state index is -0.180. The first-order chi connectivity index (χ1) is 12.4. The predicted octanol–water partition coefficient (Wildman–Crippen LogP) is 6.65. The lowest BCUT2D eigenvalue weighted by Crippen LogP contribution is -2.25. The molecule has 0 radical (unpaired) electrons. The van der Waals surface area contributed by atoms with Crippen LogP contribution in [0.2, 0.25) is 0 Å². The topological polar surface area (TPSA) is 0 Å². The average molecular weight is 444 g/mol. The van der Waals surface area contributed by atoms with Crippen molar-refractivity contribution in [3.8, 4) is 22.3 Å². The van der Waals surface area contributed by atoms with Crippen LogP contribution < -0.4 is 0 Å². The van der Waals surface area contributed by atoms with Gasteiger partial charge in [-0.3, -0.25) is 0 Å². The van der Waals surface area contributed by atoms with Crippen LogP contribution in [0.15, 0.2) is 97.1 Å². The highest BCUT2D eigenvalue weighted by Gasteiger charge is 2.51. The molecule has 26 heavy (non-hydrogen) atoms. The minimum Gasteiger partial charge on any atom is -0.107 e. The number of hydrogen-bond donors (Lipinski definition) is 0. The van der Waals surface area contributed by atoms with Crippen LogP contribution in [0, 0.1) is 0 Å². The Balaban J connectivity index is 0.00000150. The monoisotopic (exact) mass is 444 g/mol. The van der Waals surface area contributed by atoms with Crippen LogP contribution in [0.25, 0.3) is 22.3 Å². The Morgan fingerprint density at radius 3 is 0.846 bits per heavy atom. The van der Waals surface area contributed by atoms with Gasteiger partial charge in [0, 0.05) is 0 Å². The van der Waals surface area contributed by atoms with Crippen LogP contribution in [-0.4, -0.2) is 0 Å². The van der Waals surface area contributed by atoms with Crippen molar-refractivity contribution < 1.29 is 0 Å². The molecule has 0 atom stereocenters. The molecular weight excluding hydrogens is 427 g/mol. The highest BCUT2D eigenvalue weighted by molar-refractivity contribution is 14.0. The molecule has 4 aromatic rings. The van der Waals surface area contributed by atoms with E-state index in [1.54, 1.807) is 0 Å². The van der Waals surface area contributed by atoms with Gasteiger partial charge in [-0.1, -0.05) is 97.1 Å². The molecule has 4 aromatic carbocycles. The van der Waals surface area contributed by atoms with Gasteiger partial charge in [0.15, 0.2) is 0 Å².